The SMILES string of the molecule is CCOc1ccc(N(CC)S(=O)(=O)N2CC(C)CC(C)C2)cc1. The molecule has 0 amide bonds. The maximum Gasteiger partial charge on any atom is 0.304 e. The summed E-state index contributed by atoms with van der Waals surface area (Å²) in [4.78, 5) is 0. The highest BCUT2D eigenvalue weighted by atomic mass is 32.2. The van der Waals surface area contributed by atoms with Crippen LogP contribution in [0.3, 0.4) is 0 Å². The molecule has 130 valence electrons. The van der Waals surface area contributed by atoms with Crippen LogP contribution in [0.25, 0.3) is 0 Å². The molecule has 23 heavy (non-hydrogen) atoms. The predicted molar refractivity (Wildman–Crippen MR) is 94.1 cm³/mol. The molecule has 6 heteroatoms. The standard InChI is InChI=1S/C17H28N2O3S/c1-5-19(16-7-9-17(10-8-16)22-6-2)23(20,21)18-12-14(3)11-15(4)13-18/h7-10,14-15H,5-6,11-13H2,1-4H3. The second-order valence-corrected chi connectivity index (χ2v) is 8.22. The molecular formula is C17H28N2O3S. The molecule has 0 spiro atoms. The number of hydrogen-bond donors (Lipinski definition) is 0. The number of ether oxygens (including phenoxy) is 1. The fourth-order valence-electron chi connectivity index (χ4n) is 3.29. The maximum atomic E-state index is 13.0. The molecule has 1 aromatic carbocycles. The van der Waals surface area contributed by atoms with Gasteiger partial charge in [-0.15, -0.1) is 0 Å². The van der Waals surface area contributed by atoms with E-state index in [1.807, 2.05) is 38.1 Å². The van der Waals surface area contributed by atoms with Gasteiger partial charge in [-0.1, -0.05) is 13.8 Å². The Bertz CT molecular complexity index is 591. The van der Waals surface area contributed by atoms with Crippen LogP contribution in [-0.2, 0) is 10.2 Å². The molecule has 0 saturated carbocycles. The van der Waals surface area contributed by atoms with Crippen molar-refractivity contribution in [3.05, 3.63) is 24.3 Å². The molecule has 1 fully saturated rings. The van der Waals surface area contributed by atoms with Gasteiger partial charge in [0.15, 0.2) is 0 Å². The van der Waals surface area contributed by atoms with Gasteiger partial charge in [0.2, 0.25) is 0 Å². The van der Waals surface area contributed by atoms with Crippen molar-refractivity contribution in [1.29, 1.82) is 0 Å². The first-order valence-corrected chi connectivity index (χ1v) is 9.78. The summed E-state index contributed by atoms with van der Waals surface area (Å²) in [7, 11) is -3.49. The third-order valence-electron chi connectivity index (χ3n) is 4.16. The zero-order valence-electron chi connectivity index (χ0n) is 14.5. The third-order valence-corrected chi connectivity index (χ3v) is 6.14. The smallest absolute Gasteiger partial charge is 0.304 e. The van der Waals surface area contributed by atoms with Crippen LogP contribution in [0.2, 0.25) is 0 Å². The van der Waals surface area contributed by atoms with E-state index >= 15 is 0 Å². The quantitative estimate of drug-likeness (QED) is 0.799. The van der Waals surface area contributed by atoms with E-state index in [2.05, 4.69) is 13.8 Å². The Kier molecular flexibility index (Phi) is 5.92. The van der Waals surface area contributed by atoms with Crippen LogP contribution in [0, 0.1) is 11.8 Å². The van der Waals surface area contributed by atoms with Crippen LogP contribution in [0.5, 0.6) is 5.75 Å². The molecule has 2 unspecified atom stereocenters. The molecule has 1 aromatic rings. The van der Waals surface area contributed by atoms with Crippen LogP contribution in [0.4, 0.5) is 5.69 Å². The largest absolute Gasteiger partial charge is 0.494 e. The van der Waals surface area contributed by atoms with Crippen LogP contribution < -0.4 is 9.04 Å². The molecule has 2 atom stereocenters. The lowest BCUT2D eigenvalue weighted by Crippen LogP contribution is -2.49. The summed E-state index contributed by atoms with van der Waals surface area (Å²) >= 11 is 0. The van der Waals surface area contributed by atoms with Crippen LogP contribution in [-0.4, -0.2) is 39.0 Å². The van der Waals surface area contributed by atoms with Crippen molar-refractivity contribution < 1.29 is 13.2 Å². The molecule has 0 aliphatic carbocycles. The highest BCUT2D eigenvalue weighted by Gasteiger charge is 2.34. The summed E-state index contributed by atoms with van der Waals surface area (Å²) in [5.74, 6) is 1.55. The molecule has 5 nitrogen and oxygen atoms in total. The number of hydrogen-bond acceptors (Lipinski definition) is 3. The number of rotatable bonds is 6. The van der Waals surface area contributed by atoms with Gasteiger partial charge in [0.05, 0.1) is 12.3 Å². The average Bonchev–Trinajstić information content (AvgIpc) is 2.49. The Balaban J connectivity index is 2.24. The highest BCUT2D eigenvalue weighted by Crippen LogP contribution is 2.28. The van der Waals surface area contributed by atoms with Gasteiger partial charge < -0.3 is 4.74 Å². The Hall–Kier alpha value is -1.27. The lowest BCUT2D eigenvalue weighted by molar-refractivity contribution is 0.222. The minimum atomic E-state index is -3.49. The lowest BCUT2D eigenvalue weighted by Gasteiger charge is -2.37. The van der Waals surface area contributed by atoms with E-state index in [1.54, 1.807) is 4.31 Å². The van der Waals surface area contributed by atoms with E-state index in [-0.39, 0.29) is 0 Å². The first-order chi connectivity index (χ1) is 10.9. The molecular weight excluding hydrogens is 312 g/mol. The number of piperidine rings is 1. The molecule has 0 N–H and O–H groups in total. The van der Waals surface area contributed by atoms with Gasteiger partial charge >= 0.3 is 10.2 Å². The molecule has 1 saturated heterocycles. The van der Waals surface area contributed by atoms with Crippen molar-refractivity contribution in [3.8, 4) is 5.75 Å². The van der Waals surface area contributed by atoms with Gasteiger partial charge in [0.25, 0.3) is 0 Å². The van der Waals surface area contributed by atoms with Crippen molar-refractivity contribution in [2.75, 3.05) is 30.5 Å². The van der Waals surface area contributed by atoms with Crippen molar-refractivity contribution in [2.45, 2.75) is 34.1 Å². The van der Waals surface area contributed by atoms with Crippen molar-refractivity contribution >= 4 is 15.9 Å². The molecule has 1 heterocycles. The summed E-state index contributed by atoms with van der Waals surface area (Å²) in [5.41, 5.74) is 0.682. The fourth-order valence-corrected chi connectivity index (χ4v) is 5.17. The van der Waals surface area contributed by atoms with Gasteiger partial charge in [0, 0.05) is 19.6 Å². The molecule has 0 radical (unpaired) electrons. The second-order valence-electron chi connectivity index (χ2n) is 6.36. The van der Waals surface area contributed by atoms with Crippen molar-refractivity contribution in [1.82, 2.24) is 4.31 Å². The number of nitrogens with zero attached hydrogens (tertiary/aromatic N) is 2. The van der Waals surface area contributed by atoms with E-state index in [0.29, 0.717) is 43.8 Å². The number of anilines is 1. The van der Waals surface area contributed by atoms with Gasteiger partial charge in [0.1, 0.15) is 5.75 Å². The molecule has 0 aromatic heterocycles. The van der Waals surface area contributed by atoms with E-state index in [9.17, 15) is 8.42 Å². The second kappa shape index (κ2) is 7.53. The summed E-state index contributed by atoms with van der Waals surface area (Å²) in [5, 5.41) is 0. The summed E-state index contributed by atoms with van der Waals surface area (Å²) < 4.78 is 34.6. The molecule has 1 aliphatic heterocycles. The van der Waals surface area contributed by atoms with Gasteiger partial charge in [-0.25, -0.2) is 0 Å². The third kappa shape index (κ3) is 4.18. The van der Waals surface area contributed by atoms with E-state index < -0.39 is 10.2 Å². The normalized spacial score (nSPS) is 22.8. The zero-order valence-corrected chi connectivity index (χ0v) is 15.3. The number of benzene rings is 1. The van der Waals surface area contributed by atoms with Crippen molar-refractivity contribution in [3.63, 3.8) is 0 Å². The average molecular weight is 340 g/mol. The van der Waals surface area contributed by atoms with E-state index in [1.165, 1.54) is 4.31 Å². The maximum absolute atomic E-state index is 13.0. The Morgan fingerprint density at radius 3 is 2.17 bits per heavy atom. The van der Waals surface area contributed by atoms with Gasteiger partial charge in [-0.3, -0.25) is 4.31 Å². The Morgan fingerprint density at radius 2 is 1.70 bits per heavy atom. The van der Waals surface area contributed by atoms with Crippen LogP contribution >= 0.6 is 0 Å². The van der Waals surface area contributed by atoms with Gasteiger partial charge in [-0.2, -0.15) is 12.7 Å². The fraction of sp³-hybridized carbons (Fsp3) is 0.647. The van der Waals surface area contributed by atoms with E-state index in [0.717, 1.165) is 12.2 Å². The van der Waals surface area contributed by atoms with Gasteiger partial charge in [-0.05, 0) is 56.4 Å². The van der Waals surface area contributed by atoms with Crippen molar-refractivity contribution in [2.24, 2.45) is 11.8 Å². The predicted octanol–water partition coefficient (Wildman–Crippen LogP) is 3.13. The molecule has 0 bridgehead atoms. The molecule has 1 aliphatic rings. The summed E-state index contributed by atoms with van der Waals surface area (Å²) in [6.07, 6.45) is 1.08. The Labute approximate surface area is 140 Å². The van der Waals surface area contributed by atoms with Crippen LogP contribution in [0.15, 0.2) is 24.3 Å². The molecule has 2 rings (SSSR count). The van der Waals surface area contributed by atoms with Crippen LogP contribution in [0.1, 0.15) is 34.1 Å². The topological polar surface area (TPSA) is 49.9 Å². The highest BCUT2D eigenvalue weighted by molar-refractivity contribution is 7.90. The zero-order chi connectivity index (χ0) is 17.0. The minimum Gasteiger partial charge on any atom is -0.494 e. The Morgan fingerprint density at radius 1 is 1.13 bits per heavy atom. The minimum absolute atomic E-state index is 0.396. The monoisotopic (exact) mass is 340 g/mol. The summed E-state index contributed by atoms with van der Waals surface area (Å²) in [6.45, 7) is 10.2. The first kappa shape index (κ1) is 18.1. The lowest BCUT2D eigenvalue weighted by atomic mass is 9.94. The summed E-state index contributed by atoms with van der Waals surface area (Å²) in [6, 6.07) is 7.25. The first-order valence-electron chi connectivity index (χ1n) is 8.39. The van der Waals surface area contributed by atoms with E-state index in [4.69, 9.17) is 4.74 Å².